The van der Waals surface area contributed by atoms with Crippen LogP contribution >= 0.6 is 0 Å². The van der Waals surface area contributed by atoms with E-state index in [4.69, 9.17) is 0 Å². The number of hydrogen-bond donors (Lipinski definition) is 2. The number of aliphatic hydroxyl groups is 2. The van der Waals surface area contributed by atoms with Crippen LogP contribution in [0, 0.1) is 22.7 Å². The van der Waals surface area contributed by atoms with Crippen LogP contribution in [0.4, 0.5) is 0 Å². The fourth-order valence-electron chi connectivity index (χ4n) is 5.22. The van der Waals surface area contributed by atoms with Crippen LogP contribution < -0.4 is 0 Å². The molecular weight excluding hydrogens is 304 g/mol. The van der Waals surface area contributed by atoms with Crippen LogP contribution in [0.2, 0.25) is 0 Å². The number of allylic oxidation sites excluding steroid dienone is 2. The molecule has 0 unspecified atom stereocenters. The summed E-state index contributed by atoms with van der Waals surface area (Å²) in [6.45, 7) is 4.25. The Kier molecular flexibility index (Phi) is 4.56. The molecule has 3 rings (SSSR count). The van der Waals surface area contributed by atoms with Crippen molar-refractivity contribution >= 4 is 12.1 Å². The summed E-state index contributed by atoms with van der Waals surface area (Å²) in [5.74, 6) is 0.240. The van der Waals surface area contributed by atoms with Gasteiger partial charge in [-0.15, -0.1) is 0 Å². The van der Waals surface area contributed by atoms with E-state index in [1.54, 1.807) is 0 Å². The van der Waals surface area contributed by atoms with Crippen molar-refractivity contribution in [1.82, 2.24) is 0 Å². The monoisotopic (exact) mass is 332 g/mol. The minimum Gasteiger partial charge on any atom is -0.396 e. The van der Waals surface area contributed by atoms with E-state index in [0.717, 1.165) is 32.0 Å². The van der Waals surface area contributed by atoms with Crippen LogP contribution in [0.3, 0.4) is 0 Å². The molecule has 0 aromatic rings. The molecule has 0 aromatic heterocycles. The molecule has 0 amide bonds. The zero-order chi connectivity index (χ0) is 17.5. The van der Waals surface area contributed by atoms with Crippen LogP contribution in [0.15, 0.2) is 22.8 Å². The number of carbonyl (C=O) groups excluding carboxylic acids is 2. The number of carbonyl (C=O) groups is 2. The molecule has 0 aliphatic heterocycles. The third-order valence-corrected chi connectivity index (χ3v) is 6.97. The Hall–Kier alpha value is -1.26. The van der Waals surface area contributed by atoms with Crippen LogP contribution in [0.1, 0.15) is 52.4 Å². The zero-order valence-electron chi connectivity index (χ0n) is 14.7. The Morgan fingerprint density at radius 3 is 2.71 bits per heavy atom. The lowest BCUT2D eigenvalue weighted by Gasteiger charge is -2.49. The second-order valence-electron chi connectivity index (χ2n) is 8.16. The summed E-state index contributed by atoms with van der Waals surface area (Å²) in [4.78, 5) is 24.2. The van der Waals surface area contributed by atoms with Gasteiger partial charge in [0.2, 0.25) is 0 Å². The van der Waals surface area contributed by atoms with Gasteiger partial charge in [-0.2, -0.15) is 0 Å². The van der Waals surface area contributed by atoms with Gasteiger partial charge in [-0.05, 0) is 43.6 Å². The summed E-state index contributed by atoms with van der Waals surface area (Å²) in [5, 5.41) is 19.8. The zero-order valence-corrected chi connectivity index (χ0v) is 14.7. The number of aldehydes is 1. The predicted octanol–water partition coefficient (Wildman–Crippen LogP) is 2.59. The second-order valence-corrected chi connectivity index (χ2v) is 8.16. The first kappa shape index (κ1) is 17.6. The molecule has 0 aromatic carbocycles. The fraction of sp³-hybridized carbons (Fsp3) is 0.700. The highest BCUT2D eigenvalue weighted by Gasteiger charge is 2.56. The van der Waals surface area contributed by atoms with Crippen molar-refractivity contribution in [3.8, 4) is 0 Å². The summed E-state index contributed by atoms with van der Waals surface area (Å²) in [6, 6.07) is 0. The van der Waals surface area contributed by atoms with E-state index in [9.17, 15) is 19.8 Å². The molecule has 1 fully saturated rings. The molecule has 132 valence electrons. The first-order valence-corrected chi connectivity index (χ1v) is 9.04. The Balaban J connectivity index is 2.14. The Morgan fingerprint density at radius 2 is 2.08 bits per heavy atom. The van der Waals surface area contributed by atoms with E-state index in [0.29, 0.717) is 12.0 Å². The van der Waals surface area contributed by atoms with E-state index >= 15 is 0 Å². The summed E-state index contributed by atoms with van der Waals surface area (Å²) in [5.41, 5.74) is 2.33. The number of ketones is 1. The van der Waals surface area contributed by atoms with Gasteiger partial charge < -0.3 is 10.2 Å². The molecule has 3 aliphatic rings. The Labute approximate surface area is 143 Å². The van der Waals surface area contributed by atoms with E-state index in [1.807, 2.05) is 19.9 Å². The standard InChI is InChI=1S/C20H28O4/c1-13(10-21)15-5-6-20(12-23)8-7-19(2)16(18(15)20)4-3-14(11-22)9-17(19)24/h3,11,13,16,21,23H,4-10,12H2,1-2H3/t13-,16+,19+,20+/m0/s1. The van der Waals surface area contributed by atoms with Gasteiger partial charge in [0.05, 0.1) is 6.61 Å². The molecule has 0 saturated heterocycles. The summed E-state index contributed by atoms with van der Waals surface area (Å²) in [7, 11) is 0. The SMILES string of the molecule is C[C@@H](CO)C1=C2[C@H]3CC=C(C=O)CC(=O)[C@]3(C)CC[C@@]2(CO)CC1. The highest BCUT2D eigenvalue weighted by molar-refractivity contribution is 5.93. The van der Waals surface area contributed by atoms with Crippen molar-refractivity contribution in [2.24, 2.45) is 22.7 Å². The molecule has 0 bridgehead atoms. The smallest absolute Gasteiger partial charge is 0.146 e. The van der Waals surface area contributed by atoms with Crippen molar-refractivity contribution in [2.45, 2.75) is 52.4 Å². The van der Waals surface area contributed by atoms with Crippen molar-refractivity contribution in [2.75, 3.05) is 13.2 Å². The highest BCUT2D eigenvalue weighted by atomic mass is 16.3. The number of fused-ring (bicyclic) bond motifs is 3. The van der Waals surface area contributed by atoms with Gasteiger partial charge >= 0.3 is 0 Å². The van der Waals surface area contributed by atoms with Gasteiger partial charge in [0.25, 0.3) is 0 Å². The maximum atomic E-state index is 12.9. The molecule has 4 atom stereocenters. The molecular formula is C20H28O4. The molecule has 0 heterocycles. The van der Waals surface area contributed by atoms with Crippen molar-refractivity contribution < 1.29 is 19.8 Å². The third kappa shape index (κ3) is 2.42. The maximum Gasteiger partial charge on any atom is 0.146 e. The first-order chi connectivity index (χ1) is 11.4. The van der Waals surface area contributed by atoms with Crippen LogP contribution in [0.25, 0.3) is 0 Å². The van der Waals surface area contributed by atoms with Crippen molar-refractivity contribution in [3.63, 3.8) is 0 Å². The average Bonchev–Trinajstić information content (AvgIpc) is 2.93. The molecule has 1 saturated carbocycles. The minimum atomic E-state index is -0.472. The van der Waals surface area contributed by atoms with Gasteiger partial charge in [-0.3, -0.25) is 9.59 Å². The van der Waals surface area contributed by atoms with Crippen molar-refractivity contribution in [1.29, 1.82) is 0 Å². The number of rotatable bonds is 4. The lowest BCUT2D eigenvalue weighted by Crippen LogP contribution is -2.46. The number of Topliss-reactive ketones (excluding diaryl/α,β-unsaturated/α-hetero) is 1. The highest BCUT2D eigenvalue weighted by Crippen LogP contribution is 2.62. The lowest BCUT2D eigenvalue weighted by molar-refractivity contribution is -0.132. The van der Waals surface area contributed by atoms with E-state index in [1.165, 1.54) is 11.1 Å². The first-order valence-electron chi connectivity index (χ1n) is 9.04. The van der Waals surface area contributed by atoms with Gasteiger partial charge in [0, 0.05) is 29.8 Å². The molecule has 4 heteroatoms. The normalized spacial score (nSPS) is 37.4. The summed E-state index contributed by atoms with van der Waals surface area (Å²) >= 11 is 0. The number of aliphatic hydroxyl groups excluding tert-OH is 2. The fourth-order valence-corrected chi connectivity index (χ4v) is 5.22. The molecule has 0 spiro atoms. The van der Waals surface area contributed by atoms with Gasteiger partial charge in [0.15, 0.2) is 0 Å². The molecule has 24 heavy (non-hydrogen) atoms. The quantitative estimate of drug-likeness (QED) is 0.613. The Bertz CT molecular complexity index is 617. The van der Waals surface area contributed by atoms with Crippen molar-refractivity contribution in [3.05, 3.63) is 22.8 Å². The van der Waals surface area contributed by atoms with Gasteiger partial charge in [-0.25, -0.2) is 0 Å². The molecule has 3 aliphatic carbocycles. The van der Waals surface area contributed by atoms with E-state index in [-0.39, 0.29) is 42.7 Å². The second kappa shape index (κ2) is 6.23. The van der Waals surface area contributed by atoms with Gasteiger partial charge in [0.1, 0.15) is 12.1 Å². The minimum absolute atomic E-state index is 0.0369. The number of hydrogen-bond acceptors (Lipinski definition) is 4. The lowest BCUT2D eigenvalue weighted by atomic mass is 9.54. The molecule has 0 radical (unpaired) electrons. The third-order valence-electron chi connectivity index (χ3n) is 6.97. The average molecular weight is 332 g/mol. The molecule has 2 N–H and O–H groups in total. The predicted molar refractivity (Wildman–Crippen MR) is 91.2 cm³/mol. The van der Waals surface area contributed by atoms with Crippen LogP contribution in [-0.2, 0) is 9.59 Å². The summed E-state index contributed by atoms with van der Waals surface area (Å²) < 4.78 is 0. The largest absolute Gasteiger partial charge is 0.396 e. The Morgan fingerprint density at radius 1 is 1.33 bits per heavy atom. The molecule has 4 nitrogen and oxygen atoms in total. The maximum absolute atomic E-state index is 12.9. The van der Waals surface area contributed by atoms with E-state index < -0.39 is 5.41 Å². The van der Waals surface area contributed by atoms with Crippen LogP contribution in [0.5, 0.6) is 0 Å². The van der Waals surface area contributed by atoms with E-state index in [2.05, 4.69) is 0 Å². The van der Waals surface area contributed by atoms with Crippen LogP contribution in [-0.4, -0.2) is 35.5 Å². The van der Waals surface area contributed by atoms with Gasteiger partial charge in [-0.1, -0.05) is 31.1 Å². The topological polar surface area (TPSA) is 74.6 Å². The summed E-state index contributed by atoms with van der Waals surface area (Å²) in [6.07, 6.45) is 7.00.